The smallest absolute Gasteiger partial charge is 0.222 e. The first-order valence-corrected chi connectivity index (χ1v) is 5.79. The SMILES string of the molecule is O=C(CCCCCl)N1CCC(O)CC1. The van der Waals surface area contributed by atoms with E-state index in [9.17, 15) is 9.90 Å². The molecule has 0 aromatic carbocycles. The first kappa shape index (κ1) is 11.8. The van der Waals surface area contributed by atoms with Crippen molar-refractivity contribution in [2.24, 2.45) is 0 Å². The van der Waals surface area contributed by atoms with E-state index < -0.39 is 0 Å². The molecule has 14 heavy (non-hydrogen) atoms. The monoisotopic (exact) mass is 219 g/mol. The number of piperidine rings is 1. The Bertz CT molecular complexity index is 179. The van der Waals surface area contributed by atoms with E-state index in [1.54, 1.807) is 0 Å². The van der Waals surface area contributed by atoms with Crippen LogP contribution in [-0.2, 0) is 4.79 Å². The highest BCUT2D eigenvalue weighted by atomic mass is 35.5. The number of alkyl halides is 1. The number of aliphatic hydroxyl groups is 1. The molecule has 1 N–H and O–H groups in total. The summed E-state index contributed by atoms with van der Waals surface area (Å²) in [5.41, 5.74) is 0. The highest BCUT2D eigenvalue weighted by Crippen LogP contribution is 2.12. The third kappa shape index (κ3) is 3.84. The van der Waals surface area contributed by atoms with Crippen molar-refractivity contribution in [3.05, 3.63) is 0 Å². The predicted molar refractivity (Wildman–Crippen MR) is 56.4 cm³/mol. The molecule has 0 aromatic heterocycles. The summed E-state index contributed by atoms with van der Waals surface area (Å²) in [6.45, 7) is 1.42. The van der Waals surface area contributed by atoms with Crippen molar-refractivity contribution < 1.29 is 9.90 Å². The fourth-order valence-corrected chi connectivity index (χ4v) is 1.83. The predicted octanol–water partition coefficient (Wildman–Crippen LogP) is 1.38. The van der Waals surface area contributed by atoms with E-state index in [-0.39, 0.29) is 12.0 Å². The number of unbranched alkanes of at least 4 members (excludes halogenated alkanes) is 1. The Morgan fingerprint density at radius 1 is 1.36 bits per heavy atom. The molecule has 0 aliphatic carbocycles. The van der Waals surface area contributed by atoms with Crippen LogP contribution in [-0.4, -0.2) is 41.0 Å². The molecule has 0 spiro atoms. The number of aliphatic hydroxyl groups excluding tert-OH is 1. The molecule has 0 radical (unpaired) electrons. The number of nitrogens with zero attached hydrogens (tertiary/aromatic N) is 1. The molecule has 0 bridgehead atoms. The lowest BCUT2D eigenvalue weighted by molar-refractivity contribution is -0.133. The molecule has 1 aliphatic heterocycles. The Morgan fingerprint density at radius 3 is 2.57 bits per heavy atom. The minimum atomic E-state index is -0.207. The van der Waals surface area contributed by atoms with Crippen LogP contribution in [0.4, 0.5) is 0 Å². The first-order chi connectivity index (χ1) is 6.74. The second-order valence-corrected chi connectivity index (χ2v) is 4.14. The van der Waals surface area contributed by atoms with Crippen molar-refractivity contribution in [1.82, 2.24) is 4.90 Å². The van der Waals surface area contributed by atoms with Gasteiger partial charge in [-0.05, 0) is 25.7 Å². The number of halogens is 1. The molecule has 0 saturated carbocycles. The highest BCUT2D eigenvalue weighted by Gasteiger charge is 2.20. The molecular weight excluding hydrogens is 202 g/mol. The van der Waals surface area contributed by atoms with E-state index in [1.165, 1.54) is 0 Å². The van der Waals surface area contributed by atoms with Crippen LogP contribution in [0.25, 0.3) is 0 Å². The summed E-state index contributed by atoms with van der Waals surface area (Å²) < 4.78 is 0. The molecular formula is C10H18ClNO2. The fraction of sp³-hybridized carbons (Fsp3) is 0.900. The Morgan fingerprint density at radius 2 is 2.00 bits per heavy atom. The molecule has 0 unspecified atom stereocenters. The Hall–Kier alpha value is -0.280. The molecule has 1 fully saturated rings. The molecule has 0 aromatic rings. The summed E-state index contributed by atoms with van der Waals surface area (Å²) in [6.07, 6.45) is 3.62. The molecule has 1 aliphatic rings. The lowest BCUT2D eigenvalue weighted by Gasteiger charge is -2.29. The highest BCUT2D eigenvalue weighted by molar-refractivity contribution is 6.17. The normalized spacial score (nSPS) is 18.6. The molecule has 1 saturated heterocycles. The van der Waals surface area contributed by atoms with Gasteiger partial charge in [0.05, 0.1) is 6.10 Å². The van der Waals surface area contributed by atoms with Gasteiger partial charge in [-0.15, -0.1) is 11.6 Å². The van der Waals surface area contributed by atoms with Gasteiger partial charge in [0.1, 0.15) is 0 Å². The van der Waals surface area contributed by atoms with Gasteiger partial charge in [0.15, 0.2) is 0 Å². The number of carbonyl (C=O) groups is 1. The first-order valence-electron chi connectivity index (χ1n) is 5.26. The Balaban J connectivity index is 2.17. The maximum Gasteiger partial charge on any atom is 0.222 e. The van der Waals surface area contributed by atoms with Crippen molar-refractivity contribution in [3.8, 4) is 0 Å². The zero-order valence-corrected chi connectivity index (χ0v) is 9.17. The second kappa shape index (κ2) is 6.25. The number of likely N-dealkylation sites (tertiary alicyclic amines) is 1. The maximum absolute atomic E-state index is 11.6. The van der Waals surface area contributed by atoms with E-state index in [0.29, 0.717) is 25.4 Å². The average molecular weight is 220 g/mol. The van der Waals surface area contributed by atoms with Gasteiger partial charge in [0.2, 0.25) is 5.91 Å². The zero-order valence-electron chi connectivity index (χ0n) is 8.41. The van der Waals surface area contributed by atoms with Gasteiger partial charge in [0, 0.05) is 25.4 Å². The summed E-state index contributed by atoms with van der Waals surface area (Å²) >= 11 is 5.53. The lowest BCUT2D eigenvalue weighted by atomic mass is 10.1. The molecule has 3 nitrogen and oxygen atoms in total. The number of carbonyl (C=O) groups excluding carboxylic acids is 1. The quantitative estimate of drug-likeness (QED) is 0.573. The number of hydrogen-bond acceptors (Lipinski definition) is 2. The van der Waals surface area contributed by atoms with Gasteiger partial charge in [0.25, 0.3) is 0 Å². The molecule has 1 heterocycles. The van der Waals surface area contributed by atoms with E-state index >= 15 is 0 Å². The summed E-state index contributed by atoms with van der Waals surface area (Å²) in [5, 5.41) is 9.27. The molecule has 4 heteroatoms. The van der Waals surface area contributed by atoms with Gasteiger partial charge in [-0.2, -0.15) is 0 Å². The van der Waals surface area contributed by atoms with Crippen molar-refractivity contribution >= 4 is 17.5 Å². The van der Waals surface area contributed by atoms with Gasteiger partial charge >= 0.3 is 0 Å². The largest absolute Gasteiger partial charge is 0.393 e. The Kier molecular flexibility index (Phi) is 5.26. The van der Waals surface area contributed by atoms with Crippen LogP contribution in [0.1, 0.15) is 32.1 Å². The maximum atomic E-state index is 11.6. The molecule has 82 valence electrons. The minimum Gasteiger partial charge on any atom is -0.393 e. The van der Waals surface area contributed by atoms with Crippen LogP contribution in [0.3, 0.4) is 0 Å². The van der Waals surface area contributed by atoms with E-state index in [0.717, 1.165) is 25.7 Å². The minimum absolute atomic E-state index is 0.207. The standard InChI is InChI=1S/C10H18ClNO2/c11-6-2-1-3-10(14)12-7-4-9(13)5-8-12/h9,13H,1-8H2. The van der Waals surface area contributed by atoms with E-state index in [4.69, 9.17) is 11.6 Å². The van der Waals surface area contributed by atoms with E-state index in [1.807, 2.05) is 4.90 Å². The molecule has 0 atom stereocenters. The van der Waals surface area contributed by atoms with Gasteiger partial charge in [-0.1, -0.05) is 0 Å². The van der Waals surface area contributed by atoms with Crippen LogP contribution in [0.2, 0.25) is 0 Å². The van der Waals surface area contributed by atoms with Crippen molar-refractivity contribution in [3.63, 3.8) is 0 Å². The van der Waals surface area contributed by atoms with Crippen LogP contribution in [0.5, 0.6) is 0 Å². The van der Waals surface area contributed by atoms with Crippen LogP contribution < -0.4 is 0 Å². The second-order valence-electron chi connectivity index (χ2n) is 3.76. The summed E-state index contributed by atoms with van der Waals surface area (Å²) in [5.74, 6) is 0.841. The lowest BCUT2D eigenvalue weighted by Crippen LogP contribution is -2.39. The van der Waals surface area contributed by atoms with Crippen molar-refractivity contribution in [2.75, 3.05) is 19.0 Å². The third-order valence-corrected chi connectivity index (χ3v) is 2.86. The molecule has 1 rings (SSSR count). The summed E-state index contributed by atoms with van der Waals surface area (Å²) in [7, 11) is 0. The van der Waals surface area contributed by atoms with Crippen LogP contribution in [0.15, 0.2) is 0 Å². The van der Waals surface area contributed by atoms with E-state index in [2.05, 4.69) is 0 Å². The average Bonchev–Trinajstić information content (AvgIpc) is 2.19. The Labute approximate surface area is 90.0 Å². The van der Waals surface area contributed by atoms with Gasteiger partial charge < -0.3 is 10.0 Å². The topological polar surface area (TPSA) is 40.5 Å². The third-order valence-electron chi connectivity index (χ3n) is 2.59. The van der Waals surface area contributed by atoms with Crippen molar-refractivity contribution in [2.45, 2.75) is 38.2 Å². The zero-order chi connectivity index (χ0) is 10.4. The number of hydrogen-bond donors (Lipinski definition) is 1. The molecule has 1 amide bonds. The van der Waals surface area contributed by atoms with Gasteiger partial charge in [-0.3, -0.25) is 4.79 Å². The number of amides is 1. The number of rotatable bonds is 4. The van der Waals surface area contributed by atoms with Gasteiger partial charge in [-0.25, -0.2) is 0 Å². The fourth-order valence-electron chi connectivity index (χ4n) is 1.64. The van der Waals surface area contributed by atoms with Crippen LogP contribution in [0, 0.1) is 0 Å². The van der Waals surface area contributed by atoms with Crippen LogP contribution >= 0.6 is 11.6 Å². The summed E-state index contributed by atoms with van der Waals surface area (Å²) in [4.78, 5) is 13.4. The van der Waals surface area contributed by atoms with Crippen molar-refractivity contribution in [1.29, 1.82) is 0 Å². The summed E-state index contributed by atoms with van der Waals surface area (Å²) in [6, 6.07) is 0.